The van der Waals surface area contributed by atoms with Crippen LogP contribution in [0.2, 0.25) is 0 Å². The summed E-state index contributed by atoms with van der Waals surface area (Å²) in [6.07, 6.45) is 5.43. The van der Waals surface area contributed by atoms with Gasteiger partial charge in [-0.2, -0.15) is 0 Å². The lowest BCUT2D eigenvalue weighted by Crippen LogP contribution is -2.16. The molecule has 0 bridgehead atoms. The Morgan fingerprint density at radius 3 is 2.77 bits per heavy atom. The van der Waals surface area contributed by atoms with Gasteiger partial charge in [-0.15, -0.1) is 0 Å². The van der Waals surface area contributed by atoms with Crippen LogP contribution in [0, 0.1) is 0 Å². The Hall–Kier alpha value is -2.23. The third-order valence-electron chi connectivity index (χ3n) is 2.96. The van der Waals surface area contributed by atoms with Gasteiger partial charge in [0.05, 0.1) is 19.3 Å². The van der Waals surface area contributed by atoms with Crippen molar-refractivity contribution < 1.29 is 19.0 Å². The Morgan fingerprint density at radius 2 is 2.14 bits per heavy atom. The molecule has 0 N–H and O–H groups in total. The zero-order valence-corrected chi connectivity index (χ0v) is 13.5. The highest BCUT2D eigenvalue weighted by Crippen LogP contribution is 2.23. The average Bonchev–Trinajstić information content (AvgIpc) is 2.49. The smallest absolute Gasteiger partial charge is 0.310 e. The van der Waals surface area contributed by atoms with Gasteiger partial charge in [0.25, 0.3) is 0 Å². The van der Waals surface area contributed by atoms with E-state index >= 15 is 0 Å². The molecule has 0 saturated heterocycles. The average molecular weight is 304 g/mol. The second-order valence-electron chi connectivity index (χ2n) is 4.66. The van der Waals surface area contributed by atoms with Crippen molar-refractivity contribution >= 4 is 5.97 Å². The summed E-state index contributed by atoms with van der Waals surface area (Å²) < 4.78 is 16.2. The van der Waals surface area contributed by atoms with Crippen molar-refractivity contribution in [3.05, 3.63) is 54.3 Å². The van der Waals surface area contributed by atoms with Crippen molar-refractivity contribution in [1.82, 2.24) is 0 Å². The molecule has 0 amide bonds. The van der Waals surface area contributed by atoms with Crippen LogP contribution in [0.15, 0.2) is 43.2 Å². The number of allylic oxidation sites excluding steroid dienone is 2. The molecular formula is C18H24O4. The topological polar surface area (TPSA) is 44.8 Å². The molecule has 0 aliphatic rings. The van der Waals surface area contributed by atoms with Gasteiger partial charge < -0.3 is 14.2 Å². The molecular weight excluding hydrogens is 280 g/mol. The molecule has 1 unspecified atom stereocenters. The van der Waals surface area contributed by atoms with Crippen LogP contribution >= 0.6 is 0 Å². The Bertz CT molecular complexity index is 520. The summed E-state index contributed by atoms with van der Waals surface area (Å²) >= 11 is 0. The van der Waals surface area contributed by atoms with Crippen LogP contribution in [-0.4, -0.2) is 18.9 Å². The van der Waals surface area contributed by atoms with Gasteiger partial charge in [-0.1, -0.05) is 31.7 Å². The molecule has 0 saturated carbocycles. The molecule has 0 radical (unpaired) electrons. The maximum absolute atomic E-state index is 11.7. The van der Waals surface area contributed by atoms with Crippen LogP contribution in [0.4, 0.5) is 0 Å². The van der Waals surface area contributed by atoms with Crippen molar-refractivity contribution in [2.24, 2.45) is 0 Å². The first kappa shape index (κ1) is 17.8. The Balaban J connectivity index is 2.85. The fourth-order valence-electron chi connectivity index (χ4n) is 1.86. The lowest BCUT2D eigenvalue weighted by Gasteiger charge is -2.17. The van der Waals surface area contributed by atoms with Crippen molar-refractivity contribution in [2.75, 3.05) is 6.61 Å². The monoisotopic (exact) mass is 304 g/mol. The van der Waals surface area contributed by atoms with E-state index < -0.39 is 6.29 Å². The SMILES string of the molecule is C=C/C=C\OC(C)Oc1cc(CC)ccc1CC(=O)OCC. The van der Waals surface area contributed by atoms with Gasteiger partial charge in [0, 0.05) is 12.5 Å². The maximum Gasteiger partial charge on any atom is 0.310 e. The highest BCUT2D eigenvalue weighted by Gasteiger charge is 2.13. The van der Waals surface area contributed by atoms with Crippen molar-refractivity contribution in [3.8, 4) is 5.75 Å². The number of carbonyl (C=O) groups excluding carboxylic acids is 1. The van der Waals surface area contributed by atoms with Crippen LogP contribution < -0.4 is 4.74 Å². The molecule has 1 rings (SSSR count). The first-order chi connectivity index (χ1) is 10.6. The third kappa shape index (κ3) is 6.04. The molecule has 0 spiro atoms. The van der Waals surface area contributed by atoms with E-state index in [9.17, 15) is 4.79 Å². The van der Waals surface area contributed by atoms with E-state index in [-0.39, 0.29) is 12.4 Å². The Kier molecular flexibility index (Phi) is 7.83. The minimum Gasteiger partial charge on any atom is -0.466 e. The summed E-state index contributed by atoms with van der Waals surface area (Å²) in [4.78, 5) is 11.7. The summed E-state index contributed by atoms with van der Waals surface area (Å²) in [5.41, 5.74) is 1.93. The number of ether oxygens (including phenoxy) is 3. The Morgan fingerprint density at radius 1 is 1.36 bits per heavy atom. The number of benzene rings is 1. The van der Waals surface area contributed by atoms with Gasteiger partial charge >= 0.3 is 5.97 Å². The van der Waals surface area contributed by atoms with Crippen LogP contribution in [0.1, 0.15) is 31.9 Å². The minimum absolute atomic E-state index is 0.183. The summed E-state index contributed by atoms with van der Waals surface area (Å²) in [5, 5.41) is 0. The zero-order valence-electron chi connectivity index (χ0n) is 13.5. The van der Waals surface area contributed by atoms with Crippen LogP contribution in [0.25, 0.3) is 0 Å². The van der Waals surface area contributed by atoms with E-state index in [0.29, 0.717) is 12.4 Å². The van der Waals surface area contributed by atoms with Crippen LogP contribution in [-0.2, 0) is 27.1 Å². The van der Waals surface area contributed by atoms with Gasteiger partial charge in [-0.05, 0) is 31.1 Å². The quantitative estimate of drug-likeness (QED) is 0.301. The predicted octanol–water partition coefficient (Wildman–Crippen LogP) is 3.80. The third-order valence-corrected chi connectivity index (χ3v) is 2.96. The summed E-state index contributed by atoms with van der Waals surface area (Å²) in [5.74, 6) is 0.378. The summed E-state index contributed by atoms with van der Waals surface area (Å²) in [7, 11) is 0. The number of hydrogen-bond donors (Lipinski definition) is 0. The molecule has 1 aromatic rings. The van der Waals surface area contributed by atoms with E-state index in [1.807, 2.05) is 18.2 Å². The molecule has 120 valence electrons. The Labute approximate surface area is 132 Å². The van der Waals surface area contributed by atoms with Crippen LogP contribution in [0.3, 0.4) is 0 Å². The molecule has 1 atom stereocenters. The number of aryl methyl sites for hydroxylation is 1. The van der Waals surface area contributed by atoms with Gasteiger partial charge in [0.1, 0.15) is 5.75 Å². The summed E-state index contributed by atoms with van der Waals surface area (Å²) in [6.45, 7) is 9.59. The number of esters is 1. The second-order valence-corrected chi connectivity index (χ2v) is 4.66. The molecule has 0 fully saturated rings. The predicted molar refractivity (Wildman–Crippen MR) is 86.7 cm³/mol. The van der Waals surface area contributed by atoms with E-state index in [4.69, 9.17) is 14.2 Å². The van der Waals surface area contributed by atoms with Gasteiger partial charge in [-0.25, -0.2) is 0 Å². The first-order valence-electron chi connectivity index (χ1n) is 7.47. The lowest BCUT2D eigenvalue weighted by molar-refractivity contribution is -0.142. The van der Waals surface area contributed by atoms with Crippen molar-refractivity contribution in [2.45, 2.75) is 39.9 Å². The fourth-order valence-corrected chi connectivity index (χ4v) is 1.86. The molecule has 4 heteroatoms. The first-order valence-corrected chi connectivity index (χ1v) is 7.47. The fraction of sp³-hybridized carbons (Fsp3) is 0.389. The van der Waals surface area contributed by atoms with Crippen molar-refractivity contribution in [3.63, 3.8) is 0 Å². The largest absolute Gasteiger partial charge is 0.466 e. The normalized spacial score (nSPS) is 12.0. The van der Waals surface area contributed by atoms with E-state index in [1.165, 1.54) is 6.26 Å². The standard InChI is InChI=1S/C18H24O4/c1-5-8-11-21-14(4)22-17-12-15(6-2)9-10-16(17)13-18(19)20-7-3/h5,8-12,14H,1,6-7,13H2,2-4H3/b11-8-. The molecule has 22 heavy (non-hydrogen) atoms. The van der Waals surface area contributed by atoms with E-state index in [1.54, 1.807) is 26.0 Å². The lowest BCUT2D eigenvalue weighted by atomic mass is 10.1. The van der Waals surface area contributed by atoms with Crippen LogP contribution in [0.5, 0.6) is 5.75 Å². The minimum atomic E-state index is -0.468. The second kappa shape index (κ2) is 9.66. The molecule has 4 nitrogen and oxygen atoms in total. The molecule has 0 heterocycles. The zero-order chi connectivity index (χ0) is 16.4. The van der Waals surface area contributed by atoms with E-state index in [0.717, 1.165) is 17.5 Å². The highest BCUT2D eigenvalue weighted by molar-refractivity contribution is 5.73. The van der Waals surface area contributed by atoms with E-state index in [2.05, 4.69) is 13.5 Å². The highest BCUT2D eigenvalue weighted by atomic mass is 16.7. The van der Waals surface area contributed by atoms with Crippen molar-refractivity contribution in [1.29, 1.82) is 0 Å². The molecule has 1 aromatic carbocycles. The number of carbonyl (C=O) groups is 1. The molecule has 0 aliphatic carbocycles. The number of hydrogen-bond acceptors (Lipinski definition) is 4. The van der Waals surface area contributed by atoms with Gasteiger partial charge in [0.15, 0.2) is 0 Å². The summed E-state index contributed by atoms with van der Waals surface area (Å²) in [6, 6.07) is 5.83. The molecule has 0 aromatic heterocycles. The van der Waals surface area contributed by atoms with Gasteiger partial charge in [-0.3, -0.25) is 4.79 Å². The number of rotatable bonds is 9. The maximum atomic E-state index is 11.7. The van der Waals surface area contributed by atoms with Gasteiger partial charge in [0.2, 0.25) is 6.29 Å². The molecule has 0 aliphatic heterocycles.